The molecule has 5 nitrogen and oxygen atoms in total. The number of nitriles is 1. The fourth-order valence-electron chi connectivity index (χ4n) is 0.445. The first-order chi connectivity index (χ1) is 6.07. The number of aliphatic hydroxyl groups excluding tert-OH is 1. The second-order valence-electron chi connectivity index (χ2n) is 2.12. The summed E-state index contributed by atoms with van der Waals surface area (Å²) in [7, 11) is 0. The maximum atomic E-state index is 10.1. The normalized spacial score (nSPS) is 12.9. The lowest BCUT2D eigenvalue weighted by Crippen LogP contribution is -1.92. The van der Waals surface area contributed by atoms with Crippen molar-refractivity contribution < 1.29 is 10.0 Å². The number of hydrogen-bond donors (Lipinski definition) is 1. The molecule has 0 aliphatic rings. The van der Waals surface area contributed by atoms with E-state index in [1.165, 1.54) is 6.92 Å². The summed E-state index contributed by atoms with van der Waals surface area (Å²) in [5.74, 6) is -0.206. The first kappa shape index (κ1) is 10.9. The van der Waals surface area contributed by atoms with E-state index in [-0.39, 0.29) is 11.5 Å². The van der Waals surface area contributed by atoms with E-state index in [1.54, 1.807) is 6.07 Å². The number of nitrogens with zero attached hydrogens (tertiary/aromatic N) is 2. The van der Waals surface area contributed by atoms with Crippen LogP contribution in [-0.4, -0.2) is 10.0 Å². The summed E-state index contributed by atoms with van der Waals surface area (Å²) in [6, 6.07) is 1.67. The highest BCUT2D eigenvalue weighted by Crippen LogP contribution is 1.97. The van der Waals surface area contributed by atoms with Gasteiger partial charge in [-0.25, -0.2) is 0 Å². The third-order valence-corrected chi connectivity index (χ3v) is 1.11. The number of aliphatic hydroxyl groups is 1. The van der Waals surface area contributed by atoms with Crippen LogP contribution in [0.5, 0.6) is 0 Å². The lowest BCUT2D eigenvalue weighted by atomic mass is 10.3. The van der Waals surface area contributed by atoms with Crippen molar-refractivity contribution in [2.75, 3.05) is 0 Å². The Morgan fingerprint density at radius 2 is 2.23 bits per heavy atom. The standard InChI is InChI=1S/C8H8N2O3/c1-7(10(12)13)4-5-8(11)3-2-6-9/h2-5,11H,1H3/b3-2+,7-4+,8-5+. The lowest BCUT2D eigenvalue weighted by Gasteiger charge is -1.87. The largest absolute Gasteiger partial charge is 0.508 e. The van der Waals surface area contributed by atoms with Crippen molar-refractivity contribution >= 4 is 0 Å². The van der Waals surface area contributed by atoms with Gasteiger partial charge in [-0.05, 0) is 12.2 Å². The molecular weight excluding hydrogens is 172 g/mol. The van der Waals surface area contributed by atoms with Crippen molar-refractivity contribution in [2.24, 2.45) is 0 Å². The molecule has 0 bridgehead atoms. The van der Waals surface area contributed by atoms with Gasteiger partial charge in [0.25, 0.3) is 0 Å². The van der Waals surface area contributed by atoms with Crippen molar-refractivity contribution in [2.45, 2.75) is 6.92 Å². The second-order valence-corrected chi connectivity index (χ2v) is 2.12. The minimum absolute atomic E-state index is 0.0862. The van der Waals surface area contributed by atoms with Crippen molar-refractivity contribution in [3.05, 3.63) is 45.9 Å². The molecule has 0 fully saturated rings. The topological polar surface area (TPSA) is 87.2 Å². The van der Waals surface area contributed by atoms with Crippen molar-refractivity contribution in [1.29, 1.82) is 5.26 Å². The molecule has 0 amide bonds. The molecule has 0 saturated heterocycles. The van der Waals surface area contributed by atoms with Gasteiger partial charge in [-0.1, -0.05) is 0 Å². The Balaban J connectivity index is 4.44. The van der Waals surface area contributed by atoms with E-state index in [0.29, 0.717) is 0 Å². The maximum absolute atomic E-state index is 10.1. The number of hydrogen-bond acceptors (Lipinski definition) is 4. The molecule has 5 heteroatoms. The molecular formula is C8H8N2O3. The van der Waals surface area contributed by atoms with E-state index in [0.717, 1.165) is 24.3 Å². The summed E-state index contributed by atoms with van der Waals surface area (Å²) in [5, 5.41) is 27.1. The zero-order valence-corrected chi connectivity index (χ0v) is 6.97. The van der Waals surface area contributed by atoms with Crippen LogP contribution in [0.2, 0.25) is 0 Å². The molecule has 0 heterocycles. The van der Waals surface area contributed by atoms with Crippen molar-refractivity contribution in [1.82, 2.24) is 0 Å². The zero-order valence-electron chi connectivity index (χ0n) is 6.97. The average Bonchev–Trinajstić information content (AvgIpc) is 2.10. The van der Waals surface area contributed by atoms with Gasteiger partial charge in [-0.2, -0.15) is 5.26 Å². The Morgan fingerprint density at radius 1 is 1.62 bits per heavy atom. The van der Waals surface area contributed by atoms with Gasteiger partial charge >= 0.3 is 0 Å². The molecule has 0 aromatic rings. The summed E-state index contributed by atoms with van der Waals surface area (Å²) in [6.07, 6.45) is 4.51. The van der Waals surface area contributed by atoms with Gasteiger partial charge in [-0.3, -0.25) is 10.1 Å². The van der Waals surface area contributed by atoms with Crippen LogP contribution >= 0.6 is 0 Å². The van der Waals surface area contributed by atoms with E-state index < -0.39 is 4.92 Å². The first-order valence-electron chi connectivity index (χ1n) is 3.36. The molecule has 0 saturated carbocycles. The Morgan fingerprint density at radius 3 is 2.69 bits per heavy atom. The molecule has 0 rings (SSSR count). The molecule has 0 aromatic heterocycles. The average molecular weight is 180 g/mol. The molecule has 0 spiro atoms. The van der Waals surface area contributed by atoms with E-state index in [2.05, 4.69) is 0 Å². The van der Waals surface area contributed by atoms with Crippen LogP contribution in [0, 0.1) is 21.4 Å². The highest BCUT2D eigenvalue weighted by Gasteiger charge is 1.98. The van der Waals surface area contributed by atoms with Crippen LogP contribution in [0.25, 0.3) is 0 Å². The van der Waals surface area contributed by atoms with Gasteiger partial charge in [0, 0.05) is 19.1 Å². The SMILES string of the molecule is C\C(=C/C=C(O)\C=C\C#N)[N+](=O)[O-]. The van der Waals surface area contributed by atoms with Gasteiger partial charge in [0.15, 0.2) is 0 Å². The third-order valence-electron chi connectivity index (χ3n) is 1.11. The van der Waals surface area contributed by atoms with Crippen LogP contribution in [-0.2, 0) is 0 Å². The van der Waals surface area contributed by atoms with Crippen LogP contribution in [0.3, 0.4) is 0 Å². The quantitative estimate of drug-likeness (QED) is 0.235. The highest BCUT2D eigenvalue weighted by atomic mass is 16.6. The maximum Gasteiger partial charge on any atom is 0.243 e. The lowest BCUT2D eigenvalue weighted by molar-refractivity contribution is -0.424. The molecule has 0 aliphatic carbocycles. The molecule has 0 aromatic carbocycles. The van der Waals surface area contributed by atoms with E-state index >= 15 is 0 Å². The minimum Gasteiger partial charge on any atom is -0.508 e. The van der Waals surface area contributed by atoms with Gasteiger partial charge in [0.05, 0.1) is 11.0 Å². The summed E-state index contributed by atoms with van der Waals surface area (Å²) >= 11 is 0. The van der Waals surface area contributed by atoms with Crippen molar-refractivity contribution in [3.8, 4) is 6.07 Å². The molecule has 68 valence electrons. The monoisotopic (exact) mass is 180 g/mol. The Bertz CT molecular complexity index is 321. The summed E-state index contributed by atoms with van der Waals surface area (Å²) < 4.78 is 0. The molecule has 0 unspecified atom stereocenters. The number of allylic oxidation sites excluding steroid dienone is 5. The Labute approximate surface area is 75.1 Å². The van der Waals surface area contributed by atoms with E-state index in [9.17, 15) is 10.1 Å². The molecule has 0 aliphatic heterocycles. The van der Waals surface area contributed by atoms with E-state index in [4.69, 9.17) is 10.4 Å². The predicted octanol–water partition coefficient (Wildman–Crippen LogP) is 1.69. The van der Waals surface area contributed by atoms with Gasteiger partial charge in [0.1, 0.15) is 5.76 Å². The fraction of sp³-hybridized carbons (Fsp3) is 0.125. The van der Waals surface area contributed by atoms with Crippen LogP contribution in [0.4, 0.5) is 0 Å². The van der Waals surface area contributed by atoms with Crippen LogP contribution in [0.15, 0.2) is 35.8 Å². The van der Waals surface area contributed by atoms with E-state index in [1.807, 2.05) is 0 Å². The van der Waals surface area contributed by atoms with Crippen LogP contribution < -0.4 is 0 Å². The summed E-state index contributed by atoms with van der Waals surface area (Å²) in [6.45, 7) is 1.30. The Kier molecular flexibility index (Phi) is 4.65. The summed E-state index contributed by atoms with van der Waals surface area (Å²) in [5.41, 5.74) is -0.0862. The Hall–Kier alpha value is -2.09. The van der Waals surface area contributed by atoms with Gasteiger partial charge in [0.2, 0.25) is 5.70 Å². The first-order valence-corrected chi connectivity index (χ1v) is 3.36. The fourth-order valence-corrected chi connectivity index (χ4v) is 0.445. The zero-order chi connectivity index (χ0) is 10.3. The number of rotatable bonds is 3. The molecule has 1 N–H and O–H groups in total. The smallest absolute Gasteiger partial charge is 0.243 e. The summed E-state index contributed by atoms with van der Waals surface area (Å²) in [4.78, 5) is 9.51. The highest BCUT2D eigenvalue weighted by molar-refractivity contribution is 5.21. The van der Waals surface area contributed by atoms with Gasteiger partial charge < -0.3 is 5.11 Å². The van der Waals surface area contributed by atoms with Crippen LogP contribution in [0.1, 0.15) is 6.92 Å². The molecule has 13 heavy (non-hydrogen) atoms. The third kappa shape index (κ3) is 5.21. The predicted molar refractivity (Wildman–Crippen MR) is 46.2 cm³/mol. The number of nitro groups is 1. The van der Waals surface area contributed by atoms with Gasteiger partial charge in [-0.15, -0.1) is 0 Å². The van der Waals surface area contributed by atoms with Crippen molar-refractivity contribution in [3.63, 3.8) is 0 Å². The second kappa shape index (κ2) is 5.55. The molecule has 0 radical (unpaired) electrons. The minimum atomic E-state index is -0.572. The molecule has 0 atom stereocenters.